The first-order chi connectivity index (χ1) is 6.65. The van der Waals surface area contributed by atoms with Crippen LogP contribution in [0.3, 0.4) is 0 Å². The Morgan fingerprint density at radius 1 is 1.50 bits per heavy atom. The normalized spacial score (nSPS) is 24.9. The van der Waals surface area contributed by atoms with E-state index in [-0.39, 0.29) is 18.5 Å². The molecular weight excluding hydrogens is 184 g/mol. The molecule has 4 nitrogen and oxygen atoms in total. The topological polar surface area (TPSA) is 44.8 Å². The van der Waals surface area contributed by atoms with Gasteiger partial charge in [-0.15, -0.1) is 0 Å². The highest BCUT2D eigenvalue weighted by molar-refractivity contribution is 5.69. The van der Waals surface area contributed by atoms with Crippen LogP contribution in [0.1, 0.15) is 33.1 Å². The van der Waals surface area contributed by atoms with E-state index in [1.807, 2.05) is 13.8 Å². The van der Waals surface area contributed by atoms with Crippen molar-refractivity contribution in [3.8, 4) is 0 Å². The number of methoxy groups -OCH3 is 1. The molecule has 0 saturated carbocycles. The molecule has 1 aliphatic heterocycles. The number of esters is 1. The van der Waals surface area contributed by atoms with Gasteiger partial charge in [0.2, 0.25) is 0 Å². The molecule has 1 rings (SSSR count). The second-order valence-electron chi connectivity index (χ2n) is 3.45. The maximum atomic E-state index is 11.0. The molecule has 0 aliphatic carbocycles. The van der Waals surface area contributed by atoms with Crippen molar-refractivity contribution in [1.82, 2.24) is 0 Å². The van der Waals surface area contributed by atoms with Crippen molar-refractivity contribution in [3.63, 3.8) is 0 Å². The van der Waals surface area contributed by atoms with Crippen LogP contribution in [0, 0.1) is 0 Å². The molecule has 0 bridgehead atoms. The van der Waals surface area contributed by atoms with Crippen molar-refractivity contribution in [2.45, 2.75) is 45.0 Å². The molecule has 0 aromatic carbocycles. The SMILES string of the molecule is CCC1(CC)OC[C@H](CC(=O)OC)O1. The molecule has 0 N–H and O–H groups in total. The average molecular weight is 202 g/mol. The fourth-order valence-electron chi connectivity index (χ4n) is 1.61. The molecule has 0 radical (unpaired) electrons. The van der Waals surface area contributed by atoms with Crippen LogP contribution in [0.5, 0.6) is 0 Å². The third kappa shape index (κ3) is 2.45. The number of carbonyl (C=O) groups excluding carboxylic acids is 1. The molecule has 82 valence electrons. The highest BCUT2D eigenvalue weighted by Gasteiger charge is 2.39. The minimum atomic E-state index is -0.474. The first-order valence-electron chi connectivity index (χ1n) is 5.04. The van der Waals surface area contributed by atoms with E-state index >= 15 is 0 Å². The Morgan fingerprint density at radius 2 is 2.14 bits per heavy atom. The second-order valence-corrected chi connectivity index (χ2v) is 3.45. The van der Waals surface area contributed by atoms with Crippen LogP contribution in [-0.2, 0) is 19.0 Å². The zero-order valence-electron chi connectivity index (χ0n) is 9.04. The van der Waals surface area contributed by atoms with Crippen molar-refractivity contribution in [1.29, 1.82) is 0 Å². The molecule has 1 fully saturated rings. The molecule has 4 heteroatoms. The van der Waals surface area contributed by atoms with Gasteiger partial charge in [0.1, 0.15) is 0 Å². The second kappa shape index (κ2) is 4.75. The number of ether oxygens (including phenoxy) is 3. The summed E-state index contributed by atoms with van der Waals surface area (Å²) in [6.45, 7) is 4.52. The highest BCUT2D eigenvalue weighted by atomic mass is 16.7. The molecule has 1 aliphatic rings. The van der Waals surface area contributed by atoms with Gasteiger partial charge in [0.25, 0.3) is 0 Å². The lowest BCUT2D eigenvalue weighted by atomic mass is 10.1. The largest absolute Gasteiger partial charge is 0.469 e. The Balaban J connectivity index is 2.44. The summed E-state index contributed by atoms with van der Waals surface area (Å²) in [5.41, 5.74) is 0. The first-order valence-corrected chi connectivity index (χ1v) is 5.04. The first kappa shape index (κ1) is 11.5. The summed E-state index contributed by atoms with van der Waals surface area (Å²) in [4.78, 5) is 11.0. The Kier molecular flexibility index (Phi) is 3.89. The summed E-state index contributed by atoms with van der Waals surface area (Å²) in [5, 5.41) is 0. The molecule has 14 heavy (non-hydrogen) atoms. The summed E-state index contributed by atoms with van der Waals surface area (Å²) < 4.78 is 15.8. The monoisotopic (exact) mass is 202 g/mol. The van der Waals surface area contributed by atoms with Gasteiger partial charge in [-0.05, 0) is 12.8 Å². The zero-order chi connectivity index (χ0) is 10.6. The van der Waals surface area contributed by atoms with Crippen LogP contribution in [0.4, 0.5) is 0 Å². The van der Waals surface area contributed by atoms with Gasteiger partial charge in [0.15, 0.2) is 5.79 Å². The summed E-state index contributed by atoms with van der Waals surface area (Å²) >= 11 is 0. The molecule has 1 heterocycles. The highest BCUT2D eigenvalue weighted by Crippen LogP contribution is 2.31. The van der Waals surface area contributed by atoms with E-state index in [2.05, 4.69) is 4.74 Å². The van der Waals surface area contributed by atoms with Gasteiger partial charge in [0, 0.05) is 0 Å². The predicted molar refractivity (Wildman–Crippen MR) is 50.8 cm³/mol. The third-order valence-electron chi connectivity index (χ3n) is 2.61. The summed E-state index contributed by atoms with van der Waals surface area (Å²) in [6, 6.07) is 0. The number of carbonyl (C=O) groups is 1. The van der Waals surface area contributed by atoms with Gasteiger partial charge in [-0.2, -0.15) is 0 Å². The quantitative estimate of drug-likeness (QED) is 0.648. The van der Waals surface area contributed by atoms with E-state index in [9.17, 15) is 4.79 Å². The van der Waals surface area contributed by atoms with Crippen molar-refractivity contribution in [3.05, 3.63) is 0 Å². The van der Waals surface area contributed by atoms with E-state index in [1.165, 1.54) is 7.11 Å². The van der Waals surface area contributed by atoms with Crippen LogP contribution in [0.25, 0.3) is 0 Å². The van der Waals surface area contributed by atoms with Crippen LogP contribution >= 0.6 is 0 Å². The van der Waals surface area contributed by atoms with Crippen LogP contribution in [-0.4, -0.2) is 31.6 Å². The Labute approximate surface area is 84.5 Å². The van der Waals surface area contributed by atoms with E-state index in [1.54, 1.807) is 0 Å². The molecule has 1 saturated heterocycles. The van der Waals surface area contributed by atoms with E-state index in [4.69, 9.17) is 9.47 Å². The van der Waals surface area contributed by atoms with Crippen molar-refractivity contribution < 1.29 is 19.0 Å². The Hall–Kier alpha value is -0.610. The van der Waals surface area contributed by atoms with E-state index < -0.39 is 5.79 Å². The van der Waals surface area contributed by atoms with Gasteiger partial charge in [0.05, 0.1) is 26.2 Å². The summed E-state index contributed by atoms with van der Waals surface area (Å²) in [5.74, 6) is -0.722. The van der Waals surface area contributed by atoms with Gasteiger partial charge >= 0.3 is 5.97 Å². The van der Waals surface area contributed by atoms with Gasteiger partial charge in [-0.1, -0.05) is 13.8 Å². The molecule has 0 unspecified atom stereocenters. The molecular formula is C10H18O4. The fraction of sp³-hybridized carbons (Fsp3) is 0.900. The molecule has 0 aromatic heterocycles. The lowest BCUT2D eigenvalue weighted by Crippen LogP contribution is -2.29. The molecule has 0 amide bonds. The standard InChI is InChI=1S/C10H18O4/c1-4-10(5-2)13-7-8(14-10)6-9(11)12-3/h8H,4-7H2,1-3H3/t8-/m0/s1. The minimum absolute atomic E-state index is 0.151. The smallest absolute Gasteiger partial charge is 0.308 e. The zero-order valence-corrected chi connectivity index (χ0v) is 9.04. The summed E-state index contributed by atoms with van der Waals surface area (Å²) in [7, 11) is 1.38. The lowest BCUT2D eigenvalue weighted by Gasteiger charge is -2.24. The van der Waals surface area contributed by atoms with Gasteiger partial charge in [-0.25, -0.2) is 0 Å². The van der Waals surface area contributed by atoms with Crippen molar-refractivity contribution >= 4 is 5.97 Å². The van der Waals surface area contributed by atoms with Crippen LogP contribution < -0.4 is 0 Å². The number of rotatable bonds is 4. The van der Waals surface area contributed by atoms with Crippen LogP contribution in [0.2, 0.25) is 0 Å². The van der Waals surface area contributed by atoms with Crippen molar-refractivity contribution in [2.75, 3.05) is 13.7 Å². The fourth-order valence-corrected chi connectivity index (χ4v) is 1.61. The third-order valence-corrected chi connectivity index (χ3v) is 2.61. The van der Waals surface area contributed by atoms with Gasteiger partial charge in [-0.3, -0.25) is 4.79 Å². The van der Waals surface area contributed by atoms with Gasteiger partial charge < -0.3 is 14.2 Å². The van der Waals surface area contributed by atoms with E-state index in [0.717, 1.165) is 12.8 Å². The summed E-state index contributed by atoms with van der Waals surface area (Å²) in [6.07, 6.45) is 1.74. The number of hydrogen-bond donors (Lipinski definition) is 0. The van der Waals surface area contributed by atoms with Crippen molar-refractivity contribution in [2.24, 2.45) is 0 Å². The maximum absolute atomic E-state index is 11.0. The average Bonchev–Trinajstić information content (AvgIpc) is 2.62. The van der Waals surface area contributed by atoms with E-state index in [0.29, 0.717) is 6.61 Å². The maximum Gasteiger partial charge on any atom is 0.308 e. The Morgan fingerprint density at radius 3 is 2.57 bits per heavy atom. The lowest BCUT2D eigenvalue weighted by molar-refractivity contribution is -0.175. The molecule has 1 atom stereocenters. The molecule has 0 spiro atoms. The molecule has 0 aromatic rings. The minimum Gasteiger partial charge on any atom is -0.469 e. The Bertz CT molecular complexity index is 198. The number of hydrogen-bond acceptors (Lipinski definition) is 4. The predicted octanol–water partition coefficient (Wildman–Crippen LogP) is 1.48. The van der Waals surface area contributed by atoms with Crippen LogP contribution in [0.15, 0.2) is 0 Å².